The van der Waals surface area contributed by atoms with Crippen molar-refractivity contribution in [1.82, 2.24) is 5.32 Å². The van der Waals surface area contributed by atoms with Gasteiger partial charge in [0.1, 0.15) is 23.3 Å². The zero-order valence-electron chi connectivity index (χ0n) is 34.0. The van der Waals surface area contributed by atoms with Gasteiger partial charge in [0.2, 0.25) is 0 Å². The third kappa shape index (κ3) is 13.4. The Labute approximate surface area is 332 Å². The van der Waals surface area contributed by atoms with Crippen molar-refractivity contribution in [1.29, 1.82) is 0 Å². The molecular weight excluding hydrogens is 736 g/mol. The Bertz CT molecular complexity index is 2030. The summed E-state index contributed by atoms with van der Waals surface area (Å²) in [4.78, 5) is 78.3. The van der Waals surface area contributed by atoms with Gasteiger partial charge in [-0.25, -0.2) is 14.4 Å². The monoisotopic (exact) mass is 788 g/mol. The van der Waals surface area contributed by atoms with Crippen LogP contribution in [0.2, 0.25) is 0 Å². The number of aromatic carboxylic acids is 1. The highest BCUT2D eigenvalue weighted by molar-refractivity contribution is 6.02. The van der Waals surface area contributed by atoms with Gasteiger partial charge in [-0.2, -0.15) is 0 Å². The zero-order chi connectivity index (χ0) is 42.3. The molecule has 0 unspecified atom stereocenters. The van der Waals surface area contributed by atoms with Gasteiger partial charge in [-0.3, -0.25) is 19.7 Å². The number of hydrogen-bond donors (Lipinski definition) is 3. The molecule has 0 radical (unpaired) electrons. The number of amides is 2. The molecule has 0 saturated heterocycles. The maximum Gasteiger partial charge on any atom is 0.412 e. The highest BCUT2D eigenvalue weighted by Gasteiger charge is 2.31. The minimum absolute atomic E-state index is 0.00683. The molecule has 0 saturated carbocycles. The van der Waals surface area contributed by atoms with Crippen LogP contribution >= 0.6 is 0 Å². The van der Waals surface area contributed by atoms with Crippen molar-refractivity contribution >= 4 is 41.6 Å². The van der Waals surface area contributed by atoms with E-state index in [1.54, 1.807) is 92.6 Å². The number of hydrogen-bond acceptors (Lipinski definition) is 11. The summed E-state index contributed by atoms with van der Waals surface area (Å²) in [6.07, 6.45) is -0.107. The van der Waals surface area contributed by atoms with Gasteiger partial charge in [0.05, 0.1) is 23.3 Å². The molecule has 2 amide bonds. The largest absolute Gasteiger partial charge is 0.489 e. The van der Waals surface area contributed by atoms with E-state index in [4.69, 9.17) is 23.7 Å². The van der Waals surface area contributed by atoms with Crippen LogP contribution < -0.4 is 20.1 Å². The molecule has 0 aromatic heterocycles. The second kappa shape index (κ2) is 17.9. The van der Waals surface area contributed by atoms with Gasteiger partial charge in [-0.05, 0) is 129 Å². The van der Waals surface area contributed by atoms with E-state index < -0.39 is 59.2 Å². The molecule has 1 heterocycles. The van der Waals surface area contributed by atoms with Crippen LogP contribution in [0.5, 0.6) is 11.5 Å². The minimum atomic E-state index is -1.14. The fourth-order valence-electron chi connectivity index (χ4n) is 5.95. The van der Waals surface area contributed by atoms with E-state index in [9.17, 15) is 33.9 Å². The Morgan fingerprint density at radius 1 is 0.789 bits per heavy atom. The van der Waals surface area contributed by atoms with Crippen molar-refractivity contribution in [2.45, 2.75) is 111 Å². The number of ether oxygens (including phenoxy) is 5. The highest BCUT2D eigenvalue weighted by Crippen LogP contribution is 2.41. The first-order chi connectivity index (χ1) is 26.5. The first-order valence-electron chi connectivity index (χ1n) is 18.7. The number of carbonyl (C=O) groups excluding carboxylic acids is 5. The van der Waals surface area contributed by atoms with Crippen molar-refractivity contribution in [3.05, 3.63) is 87.5 Å². The van der Waals surface area contributed by atoms with Gasteiger partial charge < -0.3 is 34.1 Å². The van der Waals surface area contributed by atoms with Gasteiger partial charge in [0.15, 0.2) is 11.5 Å². The second-order valence-corrected chi connectivity index (χ2v) is 16.6. The SMILES string of the molecule is CC(C)(C)OC(=O)CCc1cc(Cc2cccc(C(=O)O)c2)c2c(c1C(=O)NCC(=O)OC(C)(C)C)OCCCc1cc(NC(=O)OC(C)(C)C)ccc1C(=O)O2. The van der Waals surface area contributed by atoms with E-state index in [0.717, 1.165) is 0 Å². The van der Waals surface area contributed by atoms with Crippen molar-refractivity contribution < 1.29 is 57.6 Å². The lowest BCUT2D eigenvalue weighted by Gasteiger charge is -2.24. The van der Waals surface area contributed by atoms with Gasteiger partial charge in [-0.1, -0.05) is 18.2 Å². The summed E-state index contributed by atoms with van der Waals surface area (Å²) in [6.45, 7) is 15.0. The molecule has 0 aliphatic carbocycles. The third-order valence-corrected chi connectivity index (χ3v) is 8.02. The van der Waals surface area contributed by atoms with Crippen LogP contribution in [0.15, 0.2) is 48.5 Å². The normalized spacial score (nSPS) is 13.1. The molecule has 1 aliphatic rings. The van der Waals surface area contributed by atoms with E-state index in [0.29, 0.717) is 40.8 Å². The van der Waals surface area contributed by atoms with Crippen molar-refractivity contribution in [2.24, 2.45) is 0 Å². The molecule has 0 spiro atoms. The highest BCUT2D eigenvalue weighted by atomic mass is 16.6. The standard InChI is InChI=1S/C43H52N2O12/c1-41(2,3)55-32(46)18-15-27-22-29(21-25-12-10-13-28(20-25)38(49)50)35-36(34(27)37(48)44-24-33(47)56-42(4,5)6)53-19-11-14-26-23-30(16-17-31(26)39(51)54-35)45-40(52)57-43(7,8)9/h10,12-13,16-17,20,22-23H,11,14-15,18-19,21,24H2,1-9H3,(H,44,48)(H,45,52)(H,49,50). The molecule has 3 aromatic rings. The maximum absolute atomic E-state index is 14.1. The van der Waals surface area contributed by atoms with Gasteiger partial charge in [-0.15, -0.1) is 0 Å². The number of anilines is 1. The van der Waals surface area contributed by atoms with E-state index in [2.05, 4.69) is 10.6 Å². The van der Waals surface area contributed by atoms with E-state index in [1.807, 2.05) is 0 Å². The van der Waals surface area contributed by atoms with Crippen LogP contribution in [-0.2, 0) is 43.1 Å². The fraction of sp³-hybridized carbons (Fsp3) is 0.442. The smallest absolute Gasteiger partial charge is 0.412 e. The number of carboxylic acid groups (broad SMARTS) is 1. The Balaban J connectivity index is 1.86. The number of nitrogens with one attached hydrogen (secondary N) is 2. The van der Waals surface area contributed by atoms with E-state index in [1.165, 1.54) is 18.2 Å². The number of fused-ring (bicyclic) bond motifs is 2. The topological polar surface area (TPSA) is 193 Å². The Hall–Kier alpha value is -5.92. The minimum Gasteiger partial charge on any atom is -0.489 e. The number of rotatable bonds is 10. The van der Waals surface area contributed by atoms with E-state index >= 15 is 0 Å². The first-order valence-corrected chi connectivity index (χ1v) is 18.7. The predicted molar refractivity (Wildman–Crippen MR) is 210 cm³/mol. The van der Waals surface area contributed by atoms with Crippen molar-refractivity contribution in [3.8, 4) is 11.5 Å². The quantitative estimate of drug-likeness (QED) is 0.106. The average molecular weight is 789 g/mol. The Morgan fingerprint density at radius 3 is 2.11 bits per heavy atom. The fourth-order valence-corrected chi connectivity index (χ4v) is 5.95. The third-order valence-electron chi connectivity index (χ3n) is 8.02. The summed E-state index contributed by atoms with van der Waals surface area (Å²) in [7, 11) is 0. The molecule has 4 rings (SSSR count). The molecule has 57 heavy (non-hydrogen) atoms. The lowest BCUT2D eigenvalue weighted by molar-refractivity contribution is -0.155. The number of carboxylic acids is 1. The van der Waals surface area contributed by atoms with Gasteiger partial charge >= 0.3 is 30.0 Å². The zero-order valence-corrected chi connectivity index (χ0v) is 34.0. The summed E-state index contributed by atoms with van der Waals surface area (Å²) < 4.78 is 28.8. The predicted octanol–water partition coefficient (Wildman–Crippen LogP) is 7.21. The molecule has 3 aromatic carbocycles. The number of esters is 3. The Kier molecular flexibility index (Phi) is 13.8. The molecule has 14 heteroatoms. The lowest BCUT2D eigenvalue weighted by Crippen LogP contribution is -2.35. The maximum atomic E-state index is 14.1. The summed E-state index contributed by atoms with van der Waals surface area (Å²) in [6, 6.07) is 12.5. The molecule has 1 aliphatic heterocycles. The molecular formula is C43H52N2O12. The molecule has 0 fully saturated rings. The molecule has 0 bridgehead atoms. The van der Waals surface area contributed by atoms with Crippen molar-refractivity contribution in [2.75, 3.05) is 18.5 Å². The lowest BCUT2D eigenvalue weighted by atomic mass is 9.93. The summed E-state index contributed by atoms with van der Waals surface area (Å²) in [5.74, 6) is -4.09. The summed E-state index contributed by atoms with van der Waals surface area (Å²) >= 11 is 0. The molecule has 3 N–H and O–H groups in total. The second-order valence-electron chi connectivity index (χ2n) is 16.6. The number of carbonyl (C=O) groups is 6. The first kappa shape index (κ1) is 43.8. The van der Waals surface area contributed by atoms with Crippen LogP contribution in [-0.4, -0.2) is 70.9 Å². The van der Waals surface area contributed by atoms with Crippen LogP contribution in [0.1, 0.15) is 128 Å². The molecule has 306 valence electrons. The van der Waals surface area contributed by atoms with Crippen LogP contribution in [0.25, 0.3) is 0 Å². The number of aryl methyl sites for hydroxylation is 2. The van der Waals surface area contributed by atoms with Crippen molar-refractivity contribution in [3.63, 3.8) is 0 Å². The van der Waals surface area contributed by atoms with Crippen LogP contribution in [0.3, 0.4) is 0 Å². The van der Waals surface area contributed by atoms with E-state index in [-0.39, 0.29) is 54.1 Å². The van der Waals surface area contributed by atoms with Gasteiger partial charge in [0, 0.05) is 24.1 Å². The Morgan fingerprint density at radius 2 is 1.46 bits per heavy atom. The summed E-state index contributed by atoms with van der Waals surface area (Å²) in [5.41, 5.74) is 0.0333. The molecule has 0 atom stereocenters. The van der Waals surface area contributed by atoms with Crippen LogP contribution in [0, 0.1) is 0 Å². The average Bonchev–Trinajstić information content (AvgIpc) is 3.07. The van der Waals surface area contributed by atoms with Gasteiger partial charge in [0.25, 0.3) is 5.91 Å². The summed E-state index contributed by atoms with van der Waals surface area (Å²) in [5, 5.41) is 15.0. The number of benzene rings is 3. The molecule has 14 nitrogen and oxygen atoms in total. The van der Waals surface area contributed by atoms with Crippen LogP contribution in [0.4, 0.5) is 10.5 Å².